The van der Waals surface area contributed by atoms with Gasteiger partial charge in [-0.05, 0) is 12.1 Å². The zero-order chi connectivity index (χ0) is 17.3. The lowest BCUT2D eigenvalue weighted by Crippen LogP contribution is -2.25. The van der Waals surface area contributed by atoms with Crippen LogP contribution in [0.2, 0.25) is 5.02 Å². The van der Waals surface area contributed by atoms with E-state index in [-0.39, 0.29) is 22.2 Å². The number of hydrogen-bond acceptors (Lipinski definition) is 5. The van der Waals surface area contributed by atoms with Gasteiger partial charge in [-0.3, -0.25) is 9.59 Å². The molecule has 2 aromatic heterocycles. The van der Waals surface area contributed by atoms with Crippen molar-refractivity contribution in [2.24, 2.45) is 7.05 Å². The Hall–Kier alpha value is -3.07. The summed E-state index contributed by atoms with van der Waals surface area (Å²) in [4.78, 5) is 27.8. The molecule has 0 aliphatic carbocycles. The molecule has 2 heterocycles. The molecule has 0 saturated carbocycles. The number of carbonyl (C=O) groups is 1. The molecular weight excluding hydrogens is 339 g/mol. The fraction of sp³-hybridized carbons (Fsp3) is 0.0714. The molecule has 0 unspecified atom stereocenters. The Balaban J connectivity index is 1.88. The van der Waals surface area contributed by atoms with Gasteiger partial charge in [-0.2, -0.15) is 0 Å². The summed E-state index contributed by atoms with van der Waals surface area (Å²) in [6, 6.07) is 4.37. The highest BCUT2D eigenvalue weighted by Crippen LogP contribution is 2.20. The Bertz CT molecular complexity index is 983. The van der Waals surface area contributed by atoms with Crippen molar-refractivity contribution in [3.63, 3.8) is 0 Å². The third-order valence-electron chi connectivity index (χ3n) is 3.15. The summed E-state index contributed by atoms with van der Waals surface area (Å²) in [6.45, 7) is 0. The van der Waals surface area contributed by atoms with Gasteiger partial charge in [-0.15, -0.1) is 5.10 Å². The molecule has 0 fully saturated rings. The highest BCUT2D eigenvalue weighted by atomic mass is 35.5. The third-order valence-corrected chi connectivity index (χ3v) is 3.44. The largest absolute Gasteiger partial charge is 0.314 e. The molecule has 1 N–H and O–H groups in total. The van der Waals surface area contributed by atoms with Crippen LogP contribution in [-0.2, 0) is 7.05 Å². The average molecular weight is 349 g/mol. The fourth-order valence-corrected chi connectivity index (χ4v) is 2.08. The van der Waals surface area contributed by atoms with Crippen LogP contribution in [0, 0.1) is 5.82 Å². The first-order chi connectivity index (χ1) is 11.5. The molecule has 3 aromatic rings. The van der Waals surface area contributed by atoms with E-state index < -0.39 is 17.3 Å². The van der Waals surface area contributed by atoms with Gasteiger partial charge < -0.3 is 9.88 Å². The van der Waals surface area contributed by atoms with Crippen LogP contribution in [0.25, 0.3) is 5.69 Å². The van der Waals surface area contributed by atoms with Gasteiger partial charge in [0.15, 0.2) is 17.3 Å². The molecule has 0 aliphatic heterocycles. The Kier molecular flexibility index (Phi) is 4.09. The van der Waals surface area contributed by atoms with Crippen molar-refractivity contribution in [1.82, 2.24) is 24.5 Å². The second-order valence-corrected chi connectivity index (χ2v) is 5.17. The fourth-order valence-electron chi connectivity index (χ4n) is 1.91. The van der Waals surface area contributed by atoms with E-state index in [2.05, 4.69) is 20.6 Å². The molecule has 0 aliphatic rings. The van der Waals surface area contributed by atoms with E-state index >= 15 is 0 Å². The highest BCUT2D eigenvalue weighted by molar-refractivity contribution is 6.30. The first-order valence-electron chi connectivity index (χ1n) is 6.67. The summed E-state index contributed by atoms with van der Waals surface area (Å²) in [5.41, 5.74) is -0.538. The normalized spacial score (nSPS) is 10.6. The Morgan fingerprint density at radius 2 is 2.17 bits per heavy atom. The summed E-state index contributed by atoms with van der Waals surface area (Å²) in [5.74, 6) is -1.53. The average Bonchev–Trinajstić information content (AvgIpc) is 3.04. The zero-order valence-electron chi connectivity index (χ0n) is 12.3. The number of rotatable bonds is 3. The minimum absolute atomic E-state index is 0.0443. The van der Waals surface area contributed by atoms with Crippen LogP contribution < -0.4 is 10.9 Å². The third kappa shape index (κ3) is 2.88. The Labute approximate surface area is 139 Å². The topological polar surface area (TPSA) is 94.7 Å². The van der Waals surface area contributed by atoms with E-state index in [0.29, 0.717) is 0 Å². The smallest absolute Gasteiger partial charge is 0.293 e. The molecule has 0 atom stereocenters. The minimum Gasteiger partial charge on any atom is -0.314 e. The van der Waals surface area contributed by atoms with E-state index in [1.165, 1.54) is 42.3 Å². The number of benzene rings is 1. The number of nitrogens with one attached hydrogen (secondary N) is 1. The van der Waals surface area contributed by atoms with Gasteiger partial charge in [-0.1, -0.05) is 22.9 Å². The number of hydrogen-bond donors (Lipinski definition) is 1. The van der Waals surface area contributed by atoms with Gasteiger partial charge in [0.2, 0.25) is 0 Å². The van der Waals surface area contributed by atoms with Crippen LogP contribution in [0.4, 0.5) is 10.2 Å². The molecule has 3 rings (SSSR count). The van der Waals surface area contributed by atoms with Crippen molar-refractivity contribution in [2.45, 2.75) is 0 Å². The van der Waals surface area contributed by atoms with Crippen LogP contribution in [0.3, 0.4) is 0 Å². The summed E-state index contributed by atoms with van der Waals surface area (Å²) < 4.78 is 16.3. The summed E-state index contributed by atoms with van der Waals surface area (Å²) in [5, 5.41) is 9.62. The molecule has 0 bridgehead atoms. The quantitative estimate of drug-likeness (QED) is 0.772. The highest BCUT2D eigenvalue weighted by Gasteiger charge is 2.16. The Morgan fingerprint density at radius 1 is 1.38 bits per heavy atom. The SMILES string of the molecule is Cn1ccnc(NC(=O)c2cn(-c3cccc(Cl)c3F)nn2)c1=O. The van der Waals surface area contributed by atoms with E-state index in [1.807, 2.05) is 0 Å². The molecule has 10 heteroatoms. The molecular formula is C14H10ClFN6O2. The maximum atomic E-state index is 14.0. The van der Waals surface area contributed by atoms with Crippen molar-refractivity contribution >= 4 is 23.3 Å². The lowest BCUT2D eigenvalue weighted by molar-refractivity contribution is 0.102. The van der Waals surface area contributed by atoms with Crippen LogP contribution in [0.5, 0.6) is 0 Å². The monoisotopic (exact) mass is 348 g/mol. The second kappa shape index (κ2) is 6.20. The standard InChI is InChI=1S/C14H10ClFN6O2/c1-21-6-5-17-12(14(21)24)18-13(23)9-7-22(20-19-9)10-4-2-3-8(15)11(10)16/h2-7H,1H3,(H,17,18,23). The van der Waals surface area contributed by atoms with E-state index in [9.17, 15) is 14.0 Å². The molecule has 1 aromatic carbocycles. The lowest BCUT2D eigenvalue weighted by atomic mass is 10.3. The molecule has 0 saturated heterocycles. The van der Waals surface area contributed by atoms with Crippen molar-refractivity contribution in [3.8, 4) is 5.69 Å². The molecule has 0 spiro atoms. The van der Waals surface area contributed by atoms with Gasteiger partial charge in [0.05, 0.1) is 11.2 Å². The predicted octanol–water partition coefficient (Wildman–Crippen LogP) is 1.41. The van der Waals surface area contributed by atoms with Gasteiger partial charge in [0, 0.05) is 19.4 Å². The zero-order valence-corrected chi connectivity index (χ0v) is 13.0. The van der Waals surface area contributed by atoms with Crippen LogP contribution in [-0.4, -0.2) is 30.5 Å². The Morgan fingerprint density at radius 3 is 2.96 bits per heavy atom. The number of nitrogens with zero attached hydrogens (tertiary/aromatic N) is 5. The minimum atomic E-state index is -0.695. The van der Waals surface area contributed by atoms with Crippen LogP contribution >= 0.6 is 11.6 Å². The number of aromatic nitrogens is 5. The number of carbonyl (C=O) groups excluding carboxylic acids is 1. The maximum Gasteiger partial charge on any atom is 0.293 e. The molecule has 8 nitrogen and oxygen atoms in total. The summed E-state index contributed by atoms with van der Waals surface area (Å²) in [7, 11) is 1.53. The van der Waals surface area contributed by atoms with Crippen LogP contribution in [0.15, 0.2) is 41.6 Å². The maximum absolute atomic E-state index is 14.0. The molecule has 1 amide bonds. The van der Waals surface area contributed by atoms with E-state index in [0.717, 1.165) is 4.68 Å². The molecule has 0 radical (unpaired) electrons. The first-order valence-corrected chi connectivity index (χ1v) is 7.05. The lowest BCUT2D eigenvalue weighted by Gasteiger charge is -2.03. The molecule has 24 heavy (non-hydrogen) atoms. The summed E-state index contributed by atoms with van der Waals surface area (Å²) >= 11 is 5.71. The van der Waals surface area contributed by atoms with Gasteiger partial charge in [0.25, 0.3) is 11.5 Å². The van der Waals surface area contributed by atoms with Gasteiger partial charge in [-0.25, -0.2) is 14.1 Å². The van der Waals surface area contributed by atoms with Gasteiger partial charge >= 0.3 is 0 Å². The van der Waals surface area contributed by atoms with Crippen molar-refractivity contribution < 1.29 is 9.18 Å². The van der Waals surface area contributed by atoms with E-state index in [4.69, 9.17) is 11.6 Å². The van der Waals surface area contributed by atoms with Crippen molar-refractivity contribution in [2.75, 3.05) is 5.32 Å². The van der Waals surface area contributed by atoms with Crippen LogP contribution in [0.1, 0.15) is 10.5 Å². The number of halogens is 2. The second-order valence-electron chi connectivity index (χ2n) is 4.77. The number of amides is 1. The van der Waals surface area contributed by atoms with Crippen molar-refractivity contribution in [3.05, 3.63) is 63.7 Å². The van der Waals surface area contributed by atoms with Gasteiger partial charge in [0.1, 0.15) is 5.69 Å². The first kappa shape index (κ1) is 15.8. The molecule has 122 valence electrons. The van der Waals surface area contributed by atoms with Crippen molar-refractivity contribution in [1.29, 1.82) is 0 Å². The predicted molar refractivity (Wildman–Crippen MR) is 83.8 cm³/mol. The number of aryl methyl sites for hydroxylation is 1. The van der Waals surface area contributed by atoms with E-state index in [1.54, 1.807) is 6.07 Å². The summed E-state index contributed by atoms with van der Waals surface area (Å²) in [6.07, 6.45) is 4.04. The number of anilines is 1.